The van der Waals surface area contributed by atoms with Crippen LogP contribution in [0.3, 0.4) is 0 Å². The Morgan fingerprint density at radius 2 is 1.45 bits per heavy atom. The fourth-order valence-corrected chi connectivity index (χ4v) is 5.93. The van der Waals surface area contributed by atoms with E-state index in [4.69, 9.17) is 9.47 Å². The number of rotatable bonds is 7. The summed E-state index contributed by atoms with van der Waals surface area (Å²) in [5.41, 5.74) is 2.52. The first-order valence-electron chi connectivity index (χ1n) is 13.1. The number of amides is 2. The normalized spacial score (nSPS) is 20.6. The Morgan fingerprint density at radius 3 is 2.12 bits per heavy atom. The second-order valence-corrected chi connectivity index (χ2v) is 9.85. The van der Waals surface area contributed by atoms with Crippen LogP contribution in [0.25, 0.3) is 0 Å². The Labute approximate surface area is 232 Å². The SMILES string of the molecule is COC(=O)[C@@H](c1ccccc1)N1C(=O)CN2C(=O)[C@@H](OCc3ccccc3)[C@@]2(c2ccccc2)c2ccccc21. The minimum atomic E-state index is -1.08. The largest absolute Gasteiger partial charge is 0.467 e. The van der Waals surface area contributed by atoms with Crippen molar-refractivity contribution in [3.8, 4) is 0 Å². The van der Waals surface area contributed by atoms with E-state index in [0.29, 0.717) is 16.8 Å². The third-order valence-corrected chi connectivity index (χ3v) is 7.70. The van der Waals surface area contributed by atoms with Crippen molar-refractivity contribution in [2.75, 3.05) is 18.6 Å². The van der Waals surface area contributed by atoms with Crippen LogP contribution in [0.5, 0.6) is 0 Å². The molecule has 0 saturated carbocycles. The van der Waals surface area contributed by atoms with Crippen LogP contribution >= 0.6 is 0 Å². The summed E-state index contributed by atoms with van der Waals surface area (Å²) in [4.78, 5) is 44.2. The second kappa shape index (κ2) is 10.4. The summed E-state index contributed by atoms with van der Waals surface area (Å²) >= 11 is 0. The average Bonchev–Trinajstić information content (AvgIpc) is 3.10. The number of ether oxygens (including phenoxy) is 2. The van der Waals surface area contributed by atoms with Gasteiger partial charge in [-0.25, -0.2) is 4.79 Å². The highest BCUT2D eigenvalue weighted by molar-refractivity contribution is 6.07. The Morgan fingerprint density at radius 1 is 0.850 bits per heavy atom. The molecule has 4 aromatic carbocycles. The number of benzene rings is 4. The molecule has 0 unspecified atom stereocenters. The van der Waals surface area contributed by atoms with Gasteiger partial charge in [0.05, 0.1) is 19.4 Å². The van der Waals surface area contributed by atoms with E-state index in [2.05, 4.69) is 0 Å². The second-order valence-electron chi connectivity index (χ2n) is 9.85. The number of para-hydroxylation sites is 1. The van der Waals surface area contributed by atoms with Gasteiger partial charge < -0.3 is 14.4 Å². The zero-order valence-electron chi connectivity index (χ0n) is 22.0. The molecule has 2 aliphatic rings. The van der Waals surface area contributed by atoms with Crippen LogP contribution in [0.4, 0.5) is 5.69 Å². The lowest BCUT2D eigenvalue weighted by atomic mass is 9.69. The molecule has 0 spiro atoms. The van der Waals surface area contributed by atoms with Gasteiger partial charge in [-0.15, -0.1) is 0 Å². The number of fused-ring (bicyclic) bond motifs is 3. The maximum Gasteiger partial charge on any atom is 0.333 e. The fraction of sp³-hybridized carbons (Fsp3) is 0.182. The lowest BCUT2D eigenvalue weighted by Gasteiger charge is -2.56. The molecule has 0 aromatic heterocycles. The standard InChI is InChI=1S/C33H28N2O5/c1-39-32(38)29(24-15-7-3-8-16-24)35-27-20-12-11-19-26(27)33(25-17-9-4-10-18-25)30(31(37)34(33)21-28(35)36)40-22-23-13-5-2-6-14-23/h2-20,29-30H,21-22H2,1H3/t29-,30-,33-/m1/s1. The van der Waals surface area contributed by atoms with Gasteiger partial charge in [-0.2, -0.15) is 0 Å². The molecule has 7 heteroatoms. The third-order valence-electron chi connectivity index (χ3n) is 7.70. The molecule has 2 amide bonds. The van der Waals surface area contributed by atoms with Gasteiger partial charge in [-0.3, -0.25) is 14.5 Å². The predicted octanol–water partition coefficient (Wildman–Crippen LogP) is 4.62. The van der Waals surface area contributed by atoms with E-state index in [1.54, 1.807) is 17.0 Å². The van der Waals surface area contributed by atoms with Gasteiger partial charge in [0.1, 0.15) is 12.1 Å². The molecule has 7 nitrogen and oxygen atoms in total. The maximum atomic E-state index is 14.1. The van der Waals surface area contributed by atoms with Gasteiger partial charge in [-0.05, 0) is 22.8 Å². The summed E-state index contributed by atoms with van der Waals surface area (Å²) in [6, 6.07) is 34.8. The third kappa shape index (κ3) is 3.98. The molecule has 4 aromatic rings. The lowest BCUT2D eigenvalue weighted by Crippen LogP contribution is -2.73. The van der Waals surface area contributed by atoms with Gasteiger partial charge in [0.15, 0.2) is 12.1 Å². The van der Waals surface area contributed by atoms with Gasteiger partial charge in [0.25, 0.3) is 5.91 Å². The van der Waals surface area contributed by atoms with E-state index in [0.717, 1.165) is 11.1 Å². The van der Waals surface area contributed by atoms with Gasteiger partial charge in [0, 0.05) is 5.56 Å². The molecular weight excluding hydrogens is 504 g/mol. The number of carbonyl (C=O) groups is 3. The monoisotopic (exact) mass is 532 g/mol. The van der Waals surface area contributed by atoms with Crippen LogP contribution in [-0.4, -0.2) is 42.4 Å². The van der Waals surface area contributed by atoms with Crippen molar-refractivity contribution in [2.24, 2.45) is 0 Å². The quantitative estimate of drug-likeness (QED) is 0.257. The molecule has 1 saturated heterocycles. The van der Waals surface area contributed by atoms with Gasteiger partial charge >= 0.3 is 5.97 Å². The van der Waals surface area contributed by atoms with Crippen LogP contribution < -0.4 is 4.90 Å². The first-order chi connectivity index (χ1) is 19.6. The first-order valence-corrected chi connectivity index (χ1v) is 13.1. The molecule has 0 radical (unpaired) electrons. The molecule has 0 bridgehead atoms. The summed E-state index contributed by atoms with van der Waals surface area (Å²) in [6.07, 6.45) is -0.877. The Hall–Kier alpha value is -4.75. The number of carbonyl (C=O) groups excluding carboxylic acids is 3. The van der Waals surface area contributed by atoms with Crippen molar-refractivity contribution in [3.63, 3.8) is 0 Å². The summed E-state index contributed by atoms with van der Waals surface area (Å²) in [5.74, 6) is -1.24. The summed E-state index contributed by atoms with van der Waals surface area (Å²) in [6.45, 7) is 0.00221. The zero-order valence-corrected chi connectivity index (χ0v) is 22.0. The molecule has 200 valence electrons. The Bertz CT molecular complexity index is 1540. The van der Waals surface area contributed by atoms with Crippen molar-refractivity contribution in [1.29, 1.82) is 0 Å². The van der Waals surface area contributed by atoms with E-state index in [9.17, 15) is 14.4 Å². The highest BCUT2D eigenvalue weighted by Crippen LogP contribution is 2.54. The maximum absolute atomic E-state index is 14.1. The van der Waals surface area contributed by atoms with Crippen LogP contribution in [0.15, 0.2) is 115 Å². The topological polar surface area (TPSA) is 76.2 Å². The van der Waals surface area contributed by atoms with Crippen molar-refractivity contribution < 1.29 is 23.9 Å². The number of hydrogen-bond donors (Lipinski definition) is 0. The molecule has 6 rings (SSSR count). The summed E-state index contributed by atoms with van der Waals surface area (Å²) in [5, 5.41) is 0. The van der Waals surface area contributed by atoms with E-state index < -0.39 is 23.7 Å². The smallest absolute Gasteiger partial charge is 0.333 e. The van der Waals surface area contributed by atoms with Crippen molar-refractivity contribution in [2.45, 2.75) is 24.3 Å². The minimum Gasteiger partial charge on any atom is -0.467 e. The van der Waals surface area contributed by atoms with Crippen molar-refractivity contribution in [1.82, 2.24) is 4.90 Å². The molecule has 2 aliphatic heterocycles. The van der Waals surface area contributed by atoms with Crippen molar-refractivity contribution >= 4 is 23.5 Å². The molecule has 2 heterocycles. The average molecular weight is 533 g/mol. The number of anilines is 1. The fourth-order valence-electron chi connectivity index (χ4n) is 5.93. The molecule has 1 fully saturated rings. The Kier molecular flexibility index (Phi) is 6.66. The summed E-state index contributed by atoms with van der Waals surface area (Å²) in [7, 11) is 1.31. The first kappa shape index (κ1) is 25.5. The number of nitrogens with zero attached hydrogens (tertiary/aromatic N) is 2. The lowest BCUT2D eigenvalue weighted by molar-refractivity contribution is -0.192. The highest BCUT2D eigenvalue weighted by Gasteiger charge is 2.66. The van der Waals surface area contributed by atoms with Crippen LogP contribution in [0, 0.1) is 0 Å². The van der Waals surface area contributed by atoms with E-state index in [-0.39, 0.29) is 25.0 Å². The number of methoxy groups -OCH3 is 1. The van der Waals surface area contributed by atoms with Crippen LogP contribution in [0.2, 0.25) is 0 Å². The molecule has 0 N–H and O–H groups in total. The van der Waals surface area contributed by atoms with E-state index >= 15 is 0 Å². The zero-order chi connectivity index (χ0) is 27.7. The highest BCUT2D eigenvalue weighted by atomic mass is 16.5. The van der Waals surface area contributed by atoms with Gasteiger partial charge in [-0.1, -0.05) is 109 Å². The van der Waals surface area contributed by atoms with Crippen LogP contribution in [0.1, 0.15) is 28.3 Å². The van der Waals surface area contributed by atoms with Crippen molar-refractivity contribution in [3.05, 3.63) is 138 Å². The summed E-state index contributed by atoms with van der Waals surface area (Å²) < 4.78 is 11.6. The van der Waals surface area contributed by atoms with E-state index in [1.807, 2.05) is 103 Å². The van der Waals surface area contributed by atoms with E-state index in [1.165, 1.54) is 12.0 Å². The molecule has 40 heavy (non-hydrogen) atoms. The molecule has 3 atom stereocenters. The number of β-lactam (4-membered cyclic amide) rings is 1. The van der Waals surface area contributed by atoms with Gasteiger partial charge in [0.2, 0.25) is 5.91 Å². The Balaban J connectivity index is 1.54. The predicted molar refractivity (Wildman–Crippen MR) is 149 cm³/mol. The van der Waals surface area contributed by atoms with Crippen LogP contribution in [-0.2, 0) is 36.0 Å². The number of esters is 1. The number of hydrogen-bond acceptors (Lipinski definition) is 5. The molecular formula is C33H28N2O5. The molecule has 0 aliphatic carbocycles. The minimum absolute atomic E-state index is 0.228.